The van der Waals surface area contributed by atoms with Gasteiger partial charge in [-0.1, -0.05) is 6.07 Å². The van der Waals surface area contributed by atoms with Crippen LogP contribution in [0.1, 0.15) is 29.5 Å². The van der Waals surface area contributed by atoms with Crippen molar-refractivity contribution >= 4 is 11.6 Å². The van der Waals surface area contributed by atoms with E-state index in [4.69, 9.17) is 5.26 Å². The lowest BCUT2D eigenvalue weighted by Gasteiger charge is -2.43. The molecule has 0 aliphatic carbocycles. The van der Waals surface area contributed by atoms with Gasteiger partial charge in [0.25, 0.3) is 0 Å². The van der Waals surface area contributed by atoms with Gasteiger partial charge in [-0.2, -0.15) is 18.4 Å². The van der Waals surface area contributed by atoms with Crippen LogP contribution in [0.3, 0.4) is 0 Å². The molecule has 1 aromatic heterocycles. The Kier molecular flexibility index (Phi) is 6.30. The maximum absolute atomic E-state index is 13.4. The number of benzene rings is 1. The largest absolute Gasteiger partial charge is 0.417 e. The molecular formula is C24H25F3N4O2. The molecule has 3 heterocycles. The first-order chi connectivity index (χ1) is 15.8. The van der Waals surface area contributed by atoms with Crippen LogP contribution in [0.15, 0.2) is 42.7 Å². The minimum atomic E-state index is -4.60. The molecule has 1 N–H and O–H groups in total. The van der Waals surface area contributed by atoms with Gasteiger partial charge in [-0.3, -0.25) is 9.78 Å². The van der Waals surface area contributed by atoms with E-state index in [0.717, 1.165) is 11.6 Å². The number of alkyl halides is 3. The number of carbonyl (C=O) groups is 1. The topological polar surface area (TPSA) is 80.5 Å². The Balaban J connectivity index is 1.46. The van der Waals surface area contributed by atoms with Gasteiger partial charge >= 0.3 is 6.18 Å². The second-order valence-electron chi connectivity index (χ2n) is 8.88. The number of pyridine rings is 1. The summed E-state index contributed by atoms with van der Waals surface area (Å²) < 4.78 is 40.1. The number of piperidine rings is 1. The minimum Gasteiger partial charge on any atom is -0.396 e. The molecule has 4 rings (SSSR count). The van der Waals surface area contributed by atoms with Crippen molar-refractivity contribution in [2.45, 2.75) is 25.4 Å². The van der Waals surface area contributed by atoms with Crippen molar-refractivity contribution in [2.24, 2.45) is 11.3 Å². The predicted octanol–water partition coefficient (Wildman–Crippen LogP) is 3.25. The van der Waals surface area contributed by atoms with Crippen molar-refractivity contribution in [2.75, 3.05) is 37.7 Å². The fourth-order valence-electron chi connectivity index (χ4n) is 5.10. The smallest absolute Gasteiger partial charge is 0.396 e. The number of aliphatic hydroxyl groups excluding tert-OH is 1. The van der Waals surface area contributed by atoms with Gasteiger partial charge in [0, 0.05) is 56.8 Å². The lowest BCUT2D eigenvalue weighted by atomic mass is 9.71. The molecule has 1 atom stereocenters. The first-order valence-corrected chi connectivity index (χ1v) is 10.9. The van der Waals surface area contributed by atoms with E-state index in [9.17, 15) is 23.1 Å². The van der Waals surface area contributed by atoms with Crippen molar-refractivity contribution in [3.05, 3.63) is 59.4 Å². The summed E-state index contributed by atoms with van der Waals surface area (Å²) in [5.41, 5.74) is -0.308. The van der Waals surface area contributed by atoms with Crippen molar-refractivity contribution in [1.29, 1.82) is 5.26 Å². The Morgan fingerprint density at radius 3 is 2.64 bits per heavy atom. The highest BCUT2D eigenvalue weighted by molar-refractivity contribution is 5.79. The van der Waals surface area contributed by atoms with Crippen LogP contribution < -0.4 is 4.90 Å². The summed E-state index contributed by atoms with van der Waals surface area (Å²) in [6.45, 7) is 2.01. The standard InChI is InChI=1S/C24H25F3N4O2/c25-24(26,27)21-11-20(4-3-18(21)12-28)30-8-5-23(6-9-30)16-31(14-19(23)15-32)22(33)10-17-2-1-7-29-13-17/h1-4,7,11,13,19,32H,5-6,8-10,14-16H2. The second kappa shape index (κ2) is 9.02. The molecule has 1 amide bonds. The SMILES string of the molecule is N#Cc1ccc(N2CCC3(CC2)CN(C(=O)Cc2cccnc2)CC3CO)cc1C(F)(F)F. The Morgan fingerprint density at radius 2 is 2.03 bits per heavy atom. The van der Waals surface area contributed by atoms with Crippen LogP contribution in [-0.4, -0.2) is 53.7 Å². The van der Waals surface area contributed by atoms with E-state index in [0.29, 0.717) is 44.7 Å². The van der Waals surface area contributed by atoms with Gasteiger partial charge < -0.3 is 14.9 Å². The quantitative estimate of drug-likeness (QED) is 0.761. The molecule has 2 aliphatic heterocycles. The fraction of sp³-hybridized carbons (Fsp3) is 0.458. The zero-order valence-electron chi connectivity index (χ0n) is 18.1. The summed E-state index contributed by atoms with van der Waals surface area (Å²) in [5, 5.41) is 19.0. The minimum absolute atomic E-state index is 0.0114. The highest BCUT2D eigenvalue weighted by Crippen LogP contribution is 2.46. The summed E-state index contributed by atoms with van der Waals surface area (Å²) in [6.07, 6.45) is 0.297. The van der Waals surface area contributed by atoms with Gasteiger partial charge in [0.15, 0.2) is 0 Å². The molecule has 1 aromatic carbocycles. The second-order valence-corrected chi connectivity index (χ2v) is 8.88. The fourth-order valence-corrected chi connectivity index (χ4v) is 5.10. The molecule has 1 unspecified atom stereocenters. The van der Waals surface area contributed by atoms with E-state index in [1.807, 2.05) is 11.0 Å². The normalized spacial score (nSPS) is 20.2. The van der Waals surface area contributed by atoms with Gasteiger partial charge in [0.05, 0.1) is 23.6 Å². The predicted molar refractivity (Wildman–Crippen MR) is 115 cm³/mol. The summed E-state index contributed by atoms with van der Waals surface area (Å²) >= 11 is 0. The Hall–Kier alpha value is -3.12. The third-order valence-electron chi connectivity index (χ3n) is 7.02. The number of rotatable bonds is 4. The van der Waals surface area contributed by atoms with E-state index < -0.39 is 17.3 Å². The molecule has 6 nitrogen and oxygen atoms in total. The average Bonchev–Trinajstić information content (AvgIpc) is 3.17. The van der Waals surface area contributed by atoms with Crippen LogP contribution in [0.25, 0.3) is 0 Å². The third-order valence-corrected chi connectivity index (χ3v) is 7.02. The van der Waals surface area contributed by atoms with Crippen molar-refractivity contribution in [3.8, 4) is 6.07 Å². The summed E-state index contributed by atoms with van der Waals surface area (Å²) in [4.78, 5) is 20.6. The Labute approximate surface area is 190 Å². The van der Waals surface area contributed by atoms with Gasteiger partial charge in [-0.25, -0.2) is 0 Å². The lowest BCUT2D eigenvalue weighted by molar-refractivity contribution is -0.137. The van der Waals surface area contributed by atoms with Crippen LogP contribution in [0.4, 0.5) is 18.9 Å². The van der Waals surface area contributed by atoms with Crippen LogP contribution >= 0.6 is 0 Å². The maximum atomic E-state index is 13.4. The first kappa shape index (κ1) is 23.1. The number of aromatic nitrogens is 1. The molecule has 0 saturated carbocycles. The van der Waals surface area contributed by atoms with Crippen LogP contribution in [-0.2, 0) is 17.4 Å². The van der Waals surface area contributed by atoms with Gasteiger partial charge in [0.2, 0.25) is 5.91 Å². The molecule has 0 radical (unpaired) electrons. The monoisotopic (exact) mass is 458 g/mol. The molecule has 9 heteroatoms. The zero-order chi connectivity index (χ0) is 23.6. The molecule has 2 fully saturated rings. The highest BCUT2D eigenvalue weighted by atomic mass is 19.4. The molecule has 1 spiro atoms. The maximum Gasteiger partial charge on any atom is 0.417 e. The number of nitrogens with zero attached hydrogens (tertiary/aromatic N) is 4. The van der Waals surface area contributed by atoms with Crippen LogP contribution in [0.5, 0.6) is 0 Å². The number of anilines is 1. The average molecular weight is 458 g/mol. The molecule has 2 aliphatic rings. The lowest BCUT2D eigenvalue weighted by Crippen LogP contribution is -2.45. The van der Waals surface area contributed by atoms with Crippen molar-refractivity contribution < 1.29 is 23.1 Å². The molecule has 33 heavy (non-hydrogen) atoms. The van der Waals surface area contributed by atoms with E-state index in [2.05, 4.69) is 4.98 Å². The Morgan fingerprint density at radius 1 is 1.27 bits per heavy atom. The van der Waals surface area contributed by atoms with E-state index >= 15 is 0 Å². The summed E-state index contributed by atoms with van der Waals surface area (Å²) in [5.74, 6) is -0.0770. The molecule has 0 bridgehead atoms. The van der Waals surface area contributed by atoms with Gasteiger partial charge in [0.1, 0.15) is 0 Å². The number of likely N-dealkylation sites (tertiary alicyclic amines) is 1. The number of halogens is 3. The number of carbonyl (C=O) groups excluding carboxylic acids is 1. The van der Waals surface area contributed by atoms with Crippen molar-refractivity contribution in [1.82, 2.24) is 9.88 Å². The number of nitriles is 1. The van der Waals surface area contributed by atoms with E-state index in [1.165, 1.54) is 6.07 Å². The summed E-state index contributed by atoms with van der Waals surface area (Å²) in [6, 6.07) is 9.05. The Bertz CT molecular complexity index is 1040. The number of hydrogen-bond acceptors (Lipinski definition) is 5. The van der Waals surface area contributed by atoms with E-state index in [-0.39, 0.29) is 30.3 Å². The molecule has 174 valence electrons. The van der Waals surface area contributed by atoms with E-state index in [1.54, 1.807) is 35.5 Å². The first-order valence-electron chi connectivity index (χ1n) is 10.9. The zero-order valence-corrected chi connectivity index (χ0v) is 18.1. The molecule has 2 aromatic rings. The number of aliphatic hydroxyl groups is 1. The van der Waals surface area contributed by atoms with Crippen molar-refractivity contribution in [3.63, 3.8) is 0 Å². The molecular weight excluding hydrogens is 433 g/mol. The van der Waals surface area contributed by atoms with Gasteiger partial charge in [-0.15, -0.1) is 0 Å². The highest BCUT2D eigenvalue weighted by Gasteiger charge is 2.49. The number of amides is 1. The van der Waals surface area contributed by atoms with Crippen LogP contribution in [0, 0.1) is 22.7 Å². The molecule has 2 saturated heterocycles. The number of hydrogen-bond donors (Lipinski definition) is 1. The van der Waals surface area contributed by atoms with Gasteiger partial charge in [-0.05, 0) is 48.1 Å². The third kappa shape index (κ3) is 4.67. The summed E-state index contributed by atoms with van der Waals surface area (Å²) in [7, 11) is 0. The van der Waals surface area contributed by atoms with Crippen LogP contribution in [0.2, 0.25) is 0 Å².